The van der Waals surface area contributed by atoms with Gasteiger partial charge in [0.15, 0.2) is 4.32 Å². The summed E-state index contributed by atoms with van der Waals surface area (Å²) in [5.74, 6) is 0.579. The highest BCUT2D eigenvalue weighted by Gasteiger charge is 2.34. The van der Waals surface area contributed by atoms with Gasteiger partial charge in [0.2, 0.25) is 0 Å². The summed E-state index contributed by atoms with van der Waals surface area (Å²) in [7, 11) is 0. The first-order chi connectivity index (χ1) is 16.5. The van der Waals surface area contributed by atoms with Gasteiger partial charge in [-0.15, -0.1) is 0 Å². The molecule has 0 N–H and O–H groups in total. The minimum Gasteiger partial charge on any atom is -0.489 e. The fourth-order valence-corrected chi connectivity index (χ4v) is 5.44. The third-order valence-electron chi connectivity index (χ3n) is 5.39. The number of thioether (sulfide) groups is 1. The number of fused-ring (bicyclic) bond motifs is 1. The normalized spacial score (nSPS) is 14.9. The van der Waals surface area contributed by atoms with Crippen molar-refractivity contribution < 1.29 is 9.53 Å². The fourth-order valence-electron chi connectivity index (χ4n) is 3.69. The Morgan fingerprint density at radius 2 is 1.71 bits per heavy atom. The van der Waals surface area contributed by atoms with Crippen LogP contribution in [-0.2, 0) is 11.4 Å². The number of rotatable bonds is 5. The van der Waals surface area contributed by atoms with Gasteiger partial charge in [-0.05, 0) is 47.4 Å². The summed E-state index contributed by atoms with van der Waals surface area (Å²) in [6, 6.07) is 26.7. The van der Waals surface area contributed by atoms with Crippen LogP contribution in [0, 0.1) is 0 Å². The van der Waals surface area contributed by atoms with E-state index in [9.17, 15) is 4.79 Å². The summed E-state index contributed by atoms with van der Waals surface area (Å²) in [4.78, 5) is 15.4. The van der Waals surface area contributed by atoms with Crippen molar-refractivity contribution in [2.24, 2.45) is 0 Å². The number of thiocarbonyl (C=S) groups is 1. The van der Waals surface area contributed by atoms with E-state index in [2.05, 4.69) is 0 Å². The molecule has 7 heteroatoms. The van der Waals surface area contributed by atoms with Crippen molar-refractivity contribution in [3.63, 3.8) is 0 Å². The van der Waals surface area contributed by atoms with Gasteiger partial charge in [0.1, 0.15) is 12.4 Å². The molecule has 168 valence electrons. The monoisotopic (exact) mass is 521 g/mol. The molecule has 0 aromatic heterocycles. The Balaban J connectivity index is 1.33. The number of nitrogens with zero attached hydrogens (tertiary/aromatic N) is 1. The standard InChI is InChI=1S/C27H17Cl2NO2S2/c28-20-11-10-19(23(29)15-20)16-32-21-12-8-17(9-13-21)14-25-26(31)30(27(33)34-25)24-7-3-5-18-4-1-2-6-22(18)24/h1-15H,16H2/b25-14+. The van der Waals surface area contributed by atoms with Crippen LogP contribution in [0.4, 0.5) is 5.69 Å². The van der Waals surface area contributed by atoms with Crippen LogP contribution in [0.15, 0.2) is 89.8 Å². The largest absolute Gasteiger partial charge is 0.489 e. The SMILES string of the molecule is O=C1/C(=C\c2ccc(OCc3ccc(Cl)cc3Cl)cc2)SC(=S)N1c1cccc2ccccc12. The molecule has 3 nitrogen and oxygen atoms in total. The second-order valence-electron chi connectivity index (χ2n) is 7.61. The third kappa shape index (κ3) is 4.70. The van der Waals surface area contributed by atoms with Crippen LogP contribution >= 0.6 is 47.2 Å². The Morgan fingerprint density at radius 3 is 2.50 bits per heavy atom. The number of hydrogen-bond acceptors (Lipinski definition) is 4. The average Bonchev–Trinajstić information content (AvgIpc) is 3.11. The van der Waals surface area contributed by atoms with Crippen molar-refractivity contribution in [3.8, 4) is 5.75 Å². The molecule has 1 aliphatic heterocycles. The molecule has 1 aliphatic rings. The zero-order valence-corrected chi connectivity index (χ0v) is 20.8. The number of anilines is 1. The Labute approximate surface area is 216 Å². The lowest BCUT2D eigenvalue weighted by molar-refractivity contribution is -0.113. The van der Waals surface area contributed by atoms with E-state index >= 15 is 0 Å². The van der Waals surface area contributed by atoms with Crippen LogP contribution in [0.2, 0.25) is 10.0 Å². The molecule has 0 radical (unpaired) electrons. The number of hydrogen-bond donors (Lipinski definition) is 0. The molecule has 4 aromatic rings. The topological polar surface area (TPSA) is 29.5 Å². The van der Waals surface area contributed by atoms with E-state index in [0.29, 0.717) is 31.6 Å². The first kappa shape index (κ1) is 22.9. The van der Waals surface area contributed by atoms with E-state index in [1.165, 1.54) is 11.8 Å². The van der Waals surface area contributed by atoms with E-state index in [1.807, 2.05) is 78.9 Å². The van der Waals surface area contributed by atoms with Crippen molar-refractivity contribution in [2.45, 2.75) is 6.61 Å². The molecular formula is C27H17Cl2NO2S2. The van der Waals surface area contributed by atoms with Crippen LogP contribution in [0.1, 0.15) is 11.1 Å². The first-order valence-corrected chi connectivity index (χ1v) is 12.4. The third-order valence-corrected chi connectivity index (χ3v) is 7.28. The quantitative estimate of drug-likeness (QED) is 0.196. The highest BCUT2D eigenvalue weighted by Crippen LogP contribution is 2.39. The lowest BCUT2D eigenvalue weighted by Crippen LogP contribution is -2.27. The number of carbonyl (C=O) groups is 1. The molecule has 0 bridgehead atoms. The zero-order valence-electron chi connectivity index (χ0n) is 17.7. The molecule has 0 saturated carbocycles. The second kappa shape index (κ2) is 9.80. The van der Waals surface area contributed by atoms with Gasteiger partial charge < -0.3 is 4.74 Å². The average molecular weight is 522 g/mol. The highest BCUT2D eigenvalue weighted by molar-refractivity contribution is 8.27. The molecule has 5 rings (SSSR count). The van der Waals surface area contributed by atoms with Crippen molar-refractivity contribution in [1.29, 1.82) is 0 Å². The number of benzene rings is 4. The Morgan fingerprint density at radius 1 is 0.941 bits per heavy atom. The van der Waals surface area contributed by atoms with Crippen LogP contribution in [0.5, 0.6) is 5.75 Å². The van der Waals surface area contributed by atoms with Gasteiger partial charge in [-0.1, -0.05) is 102 Å². The van der Waals surface area contributed by atoms with E-state index in [0.717, 1.165) is 27.6 Å². The Hall–Kier alpha value is -2.83. The minimum atomic E-state index is -0.121. The molecule has 1 heterocycles. The molecule has 4 aromatic carbocycles. The predicted octanol–water partition coefficient (Wildman–Crippen LogP) is 8.13. The van der Waals surface area contributed by atoms with Gasteiger partial charge in [0.05, 0.1) is 10.6 Å². The number of halogens is 2. The molecular weight excluding hydrogens is 505 g/mol. The minimum absolute atomic E-state index is 0.121. The Kier molecular flexibility index (Phi) is 6.61. The van der Waals surface area contributed by atoms with Gasteiger partial charge in [-0.2, -0.15) is 0 Å². The maximum Gasteiger partial charge on any atom is 0.270 e. The molecule has 34 heavy (non-hydrogen) atoms. The summed E-state index contributed by atoms with van der Waals surface area (Å²) >= 11 is 19.0. The van der Waals surface area contributed by atoms with Gasteiger partial charge in [0, 0.05) is 21.0 Å². The first-order valence-electron chi connectivity index (χ1n) is 10.4. The highest BCUT2D eigenvalue weighted by atomic mass is 35.5. The molecule has 1 saturated heterocycles. The van der Waals surface area contributed by atoms with Gasteiger partial charge in [0.25, 0.3) is 5.91 Å². The number of carbonyl (C=O) groups excluding carboxylic acids is 1. The summed E-state index contributed by atoms with van der Waals surface area (Å²) in [5.41, 5.74) is 2.54. The van der Waals surface area contributed by atoms with Crippen molar-refractivity contribution in [1.82, 2.24) is 0 Å². The summed E-state index contributed by atoms with van der Waals surface area (Å²) < 4.78 is 6.36. The van der Waals surface area contributed by atoms with Gasteiger partial charge >= 0.3 is 0 Å². The fraction of sp³-hybridized carbons (Fsp3) is 0.0370. The van der Waals surface area contributed by atoms with Crippen molar-refractivity contribution in [3.05, 3.63) is 111 Å². The number of ether oxygens (including phenoxy) is 1. The molecule has 0 atom stereocenters. The Bertz CT molecular complexity index is 1450. The summed E-state index contributed by atoms with van der Waals surface area (Å²) in [5, 5.41) is 3.21. The zero-order chi connectivity index (χ0) is 23.7. The predicted molar refractivity (Wildman–Crippen MR) is 147 cm³/mol. The van der Waals surface area contributed by atoms with Gasteiger partial charge in [-0.25, -0.2) is 0 Å². The summed E-state index contributed by atoms with van der Waals surface area (Å²) in [6.45, 7) is 0.332. The van der Waals surface area contributed by atoms with Crippen LogP contribution in [0.25, 0.3) is 16.8 Å². The van der Waals surface area contributed by atoms with E-state index < -0.39 is 0 Å². The molecule has 1 fully saturated rings. The van der Waals surface area contributed by atoms with Crippen LogP contribution in [0.3, 0.4) is 0 Å². The molecule has 1 amide bonds. The maximum atomic E-state index is 13.2. The van der Waals surface area contributed by atoms with Crippen molar-refractivity contribution in [2.75, 3.05) is 4.90 Å². The van der Waals surface area contributed by atoms with E-state index in [4.69, 9.17) is 40.2 Å². The maximum absolute atomic E-state index is 13.2. The lowest BCUT2D eigenvalue weighted by atomic mass is 10.1. The smallest absolute Gasteiger partial charge is 0.270 e. The lowest BCUT2D eigenvalue weighted by Gasteiger charge is -2.17. The molecule has 0 aliphatic carbocycles. The van der Waals surface area contributed by atoms with Crippen LogP contribution in [-0.4, -0.2) is 10.2 Å². The second-order valence-corrected chi connectivity index (χ2v) is 10.1. The van der Waals surface area contributed by atoms with Crippen molar-refractivity contribution >= 4 is 79.9 Å². The number of amides is 1. The van der Waals surface area contributed by atoms with Crippen LogP contribution < -0.4 is 9.64 Å². The van der Waals surface area contributed by atoms with E-state index in [1.54, 1.807) is 17.0 Å². The molecule has 0 unspecified atom stereocenters. The van der Waals surface area contributed by atoms with Gasteiger partial charge in [-0.3, -0.25) is 9.69 Å². The summed E-state index contributed by atoms with van der Waals surface area (Å²) in [6.07, 6.45) is 1.85. The molecule has 0 spiro atoms. The van der Waals surface area contributed by atoms with E-state index in [-0.39, 0.29) is 5.91 Å².